The smallest absolute Gasteiger partial charge is 0.236 e. The normalized spacial score (nSPS) is 16.5. The van der Waals surface area contributed by atoms with Crippen molar-refractivity contribution in [1.82, 2.24) is 9.97 Å². The van der Waals surface area contributed by atoms with E-state index in [4.69, 9.17) is 0 Å². The van der Waals surface area contributed by atoms with Crippen molar-refractivity contribution in [3.05, 3.63) is 16.1 Å². The second-order valence-corrected chi connectivity index (χ2v) is 4.00. The lowest BCUT2D eigenvalue weighted by Crippen LogP contribution is -2.25. The Balaban J connectivity index is 2.27. The van der Waals surface area contributed by atoms with Crippen LogP contribution in [0.2, 0.25) is 0 Å². The van der Waals surface area contributed by atoms with Crippen LogP contribution in [0.15, 0.2) is 12.4 Å². The standard InChI is InChI=1S/C8H6IN3O2/c9-6-2-11-7(3-10-6)12-4-5(13)1-8(12)14/h2-3H,1,4H2. The molecule has 14 heavy (non-hydrogen) atoms. The Morgan fingerprint density at radius 2 is 2.07 bits per heavy atom. The van der Waals surface area contributed by atoms with Gasteiger partial charge in [-0.05, 0) is 22.6 Å². The molecule has 1 aliphatic heterocycles. The van der Waals surface area contributed by atoms with Crippen LogP contribution in [0.5, 0.6) is 0 Å². The molecule has 6 heteroatoms. The second-order valence-electron chi connectivity index (χ2n) is 2.89. The molecule has 0 radical (unpaired) electrons. The predicted molar refractivity (Wildman–Crippen MR) is 56.7 cm³/mol. The summed E-state index contributed by atoms with van der Waals surface area (Å²) >= 11 is 2.03. The Morgan fingerprint density at radius 1 is 1.29 bits per heavy atom. The largest absolute Gasteiger partial charge is 0.297 e. The van der Waals surface area contributed by atoms with Gasteiger partial charge in [-0.2, -0.15) is 0 Å². The van der Waals surface area contributed by atoms with Crippen LogP contribution in [0.25, 0.3) is 0 Å². The van der Waals surface area contributed by atoms with E-state index in [2.05, 4.69) is 9.97 Å². The Bertz CT molecular complexity index is 390. The summed E-state index contributed by atoms with van der Waals surface area (Å²) in [5.74, 6) is 0.169. The van der Waals surface area contributed by atoms with Crippen LogP contribution in [0.4, 0.5) is 5.82 Å². The summed E-state index contributed by atoms with van der Waals surface area (Å²) in [6.45, 7) is 0.119. The molecule has 5 nitrogen and oxygen atoms in total. The summed E-state index contributed by atoms with van der Waals surface area (Å²) in [5.41, 5.74) is 0. The Labute approximate surface area is 93.7 Å². The predicted octanol–water partition coefficient (Wildman–Crippen LogP) is 0.387. The fourth-order valence-corrected chi connectivity index (χ4v) is 1.52. The molecule has 0 spiro atoms. The van der Waals surface area contributed by atoms with Crippen molar-refractivity contribution in [3.63, 3.8) is 0 Å². The Hall–Kier alpha value is -1.05. The third-order valence-electron chi connectivity index (χ3n) is 1.87. The van der Waals surface area contributed by atoms with Gasteiger partial charge in [0.2, 0.25) is 5.91 Å². The van der Waals surface area contributed by atoms with Gasteiger partial charge < -0.3 is 0 Å². The molecule has 0 unspecified atom stereocenters. The molecule has 0 bridgehead atoms. The van der Waals surface area contributed by atoms with Crippen LogP contribution in [0, 0.1) is 3.70 Å². The molecule has 0 atom stereocenters. The molecule has 1 aromatic heterocycles. The zero-order chi connectivity index (χ0) is 10.1. The number of amides is 1. The molecule has 0 N–H and O–H groups in total. The van der Waals surface area contributed by atoms with E-state index >= 15 is 0 Å². The number of aromatic nitrogens is 2. The van der Waals surface area contributed by atoms with Gasteiger partial charge in [0.05, 0.1) is 25.4 Å². The lowest BCUT2D eigenvalue weighted by molar-refractivity contribution is -0.121. The first-order valence-corrected chi connectivity index (χ1v) is 5.04. The van der Waals surface area contributed by atoms with Crippen molar-refractivity contribution >= 4 is 40.1 Å². The van der Waals surface area contributed by atoms with Crippen LogP contribution in [-0.4, -0.2) is 28.2 Å². The Morgan fingerprint density at radius 3 is 2.57 bits per heavy atom. The topological polar surface area (TPSA) is 63.2 Å². The van der Waals surface area contributed by atoms with Crippen molar-refractivity contribution in [3.8, 4) is 0 Å². The number of hydrogen-bond acceptors (Lipinski definition) is 4. The summed E-state index contributed by atoms with van der Waals surface area (Å²) in [6, 6.07) is 0. The number of anilines is 1. The minimum absolute atomic E-state index is 0.0202. The number of ketones is 1. The summed E-state index contributed by atoms with van der Waals surface area (Å²) in [7, 11) is 0. The molecular formula is C8H6IN3O2. The number of nitrogens with zero attached hydrogens (tertiary/aromatic N) is 3. The molecule has 72 valence electrons. The fourth-order valence-electron chi connectivity index (χ4n) is 1.24. The maximum atomic E-state index is 11.3. The quantitative estimate of drug-likeness (QED) is 0.556. The lowest BCUT2D eigenvalue weighted by atomic mass is 10.3. The monoisotopic (exact) mass is 303 g/mol. The van der Waals surface area contributed by atoms with E-state index in [1.807, 2.05) is 22.6 Å². The van der Waals surface area contributed by atoms with Crippen molar-refractivity contribution in [2.24, 2.45) is 0 Å². The van der Waals surface area contributed by atoms with E-state index in [9.17, 15) is 9.59 Å². The first-order valence-electron chi connectivity index (χ1n) is 3.96. The van der Waals surface area contributed by atoms with Crippen LogP contribution in [0.3, 0.4) is 0 Å². The highest BCUT2D eigenvalue weighted by molar-refractivity contribution is 14.1. The highest BCUT2D eigenvalue weighted by Crippen LogP contribution is 2.16. The van der Waals surface area contributed by atoms with Gasteiger partial charge in [-0.25, -0.2) is 9.97 Å². The van der Waals surface area contributed by atoms with E-state index in [1.165, 1.54) is 11.1 Å². The second kappa shape index (κ2) is 3.60. The van der Waals surface area contributed by atoms with Gasteiger partial charge >= 0.3 is 0 Å². The van der Waals surface area contributed by atoms with Crippen LogP contribution >= 0.6 is 22.6 Å². The van der Waals surface area contributed by atoms with Gasteiger partial charge in [0, 0.05) is 0 Å². The van der Waals surface area contributed by atoms with E-state index in [-0.39, 0.29) is 24.7 Å². The zero-order valence-electron chi connectivity index (χ0n) is 7.11. The summed E-state index contributed by atoms with van der Waals surface area (Å²) in [5, 5.41) is 0. The number of hydrogen-bond donors (Lipinski definition) is 0. The summed E-state index contributed by atoms with van der Waals surface area (Å²) < 4.78 is 0.754. The molecule has 1 aliphatic rings. The average Bonchev–Trinajstić information content (AvgIpc) is 2.47. The SMILES string of the molecule is O=C1CC(=O)N(c2cnc(I)cn2)C1. The molecule has 1 aromatic rings. The molecule has 1 saturated heterocycles. The third kappa shape index (κ3) is 1.74. The molecule has 1 fully saturated rings. The molecule has 2 rings (SSSR count). The zero-order valence-corrected chi connectivity index (χ0v) is 9.26. The maximum Gasteiger partial charge on any atom is 0.236 e. The highest BCUT2D eigenvalue weighted by Gasteiger charge is 2.29. The molecule has 1 amide bonds. The van der Waals surface area contributed by atoms with Crippen LogP contribution in [0.1, 0.15) is 6.42 Å². The maximum absolute atomic E-state index is 11.3. The van der Waals surface area contributed by atoms with E-state index in [0.717, 1.165) is 3.70 Å². The number of rotatable bonds is 1. The van der Waals surface area contributed by atoms with Gasteiger partial charge in [-0.15, -0.1) is 0 Å². The van der Waals surface area contributed by atoms with Gasteiger partial charge in [0.25, 0.3) is 0 Å². The van der Waals surface area contributed by atoms with Gasteiger partial charge in [0.1, 0.15) is 3.70 Å². The number of Topliss-reactive ketones (excluding diaryl/α,β-unsaturated/α-hetero) is 1. The van der Waals surface area contributed by atoms with Gasteiger partial charge in [-0.3, -0.25) is 14.5 Å². The molecule has 0 saturated carbocycles. The Kier molecular flexibility index (Phi) is 2.44. The van der Waals surface area contributed by atoms with Crippen molar-refractivity contribution in [1.29, 1.82) is 0 Å². The first kappa shape index (κ1) is 9.50. The summed E-state index contributed by atoms with van der Waals surface area (Å²) in [6.07, 6.45) is 3.04. The molecule has 0 aromatic carbocycles. The number of halogens is 1. The van der Waals surface area contributed by atoms with Crippen molar-refractivity contribution in [2.45, 2.75) is 6.42 Å². The van der Waals surface area contributed by atoms with Crippen LogP contribution in [-0.2, 0) is 9.59 Å². The first-order chi connectivity index (χ1) is 6.66. The average molecular weight is 303 g/mol. The number of carbonyl (C=O) groups is 2. The van der Waals surface area contributed by atoms with Gasteiger partial charge in [0.15, 0.2) is 11.6 Å². The lowest BCUT2D eigenvalue weighted by Gasteiger charge is -2.11. The van der Waals surface area contributed by atoms with Crippen molar-refractivity contribution < 1.29 is 9.59 Å². The molecule has 0 aliphatic carbocycles. The summed E-state index contributed by atoms with van der Waals surface area (Å²) in [4.78, 5) is 31.7. The highest BCUT2D eigenvalue weighted by atomic mass is 127. The van der Waals surface area contributed by atoms with E-state index in [1.54, 1.807) is 6.20 Å². The minimum Gasteiger partial charge on any atom is -0.297 e. The van der Waals surface area contributed by atoms with Crippen molar-refractivity contribution in [2.75, 3.05) is 11.4 Å². The molecular weight excluding hydrogens is 297 g/mol. The fraction of sp³-hybridized carbons (Fsp3) is 0.250. The molecule has 2 heterocycles. The van der Waals surface area contributed by atoms with E-state index in [0.29, 0.717) is 5.82 Å². The van der Waals surface area contributed by atoms with Crippen LogP contribution < -0.4 is 4.90 Å². The number of carbonyl (C=O) groups excluding carboxylic acids is 2. The third-order valence-corrected chi connectivity index (χ3v) is 2.42. The minimum atomic E-state index is -0.203. The van der Waals surface area contributed by atoms with E-state index < -0.39 is 0 Å². The van der Waals surface area contributed by atoms with Gasteiger partial charge in [-0.1, -0.05) is 0 Å².